The predicted octanol–water partition coefficient (Wildman–Crippen LogP) is 19.7. The summed E-state index contributed by atoms with van der Waals surface area (Å²) < 4.78 is 68.2. The largest absolute Gasteiger partial charge is 0.472 e. The van der Waals surface area contributed by atoms with Crippen molar-refractivity contribution in [1.29, 1.82) is 0 Å². The summed E-state index contributed by atoms with van der Waals surface area (Å²) in [5, 5.41) is 10.6. The first-order valence-corrected chi connectivity index (χ1v) is 39.2. The van der Waals surface area contributed by atoms with Crippen LogP contribution in [0.1, 0.15) is 344 Å². The van der Waals surface area contributed by atoms with Crippen molar-refractivity contribution in [2.75, 3.05) is 39.6 Å². The Kier molecular flexibility index (Phi) is 58.5. The van der Waals surface area contributed by atoms with Crippen LogP contribution in [0.2, 0.25) is 0 Å². The quantitative estimate of drug-likeness (QED) is 0.0222. The Labute approximate surface area is 543 Å². The lowest BCUT2D eigenvalue weighted by atomic mass is 10.0. The number of rotatable bonds is 67. The van der Waals surface area contributed by atoms with Gasteiger partial charge in [-0.15, -0.1) is 0 Å². The molecule has 0 rings (SSSR count). The first kappa shape index (κ1) is 87.1. The maximum Gasteiger partial charge on any atom is 0.472 e. The predicted molar refractivity (Wildman–Crippen MR) is 358 cm³/mol. The standard InChI is InChI=1S/C70H136O17P2/c1-60(2)46-38-30-22-17-13-10-9-11-15-19-25-34-42-50-67(72)80-56-65(86-69(74)52-44-36-26-20-16-12-14-18-23-31-39-47-61(3)4)58-84-88(76,77)82-54-64(71)55-83-89(78,79)85-59-66(87-70(75)53-45-37-29-28-33-41-49-63(7)8)57-81-68(73)51-43-35-27-21-24-32-40-48-62(5)6/h60-66,71H,9-59H2,1-8H3,(H,76,77)(H,78,79)/t64?,65-,66-/m1/s1. The van der Waals surface area contributed by atoms with Gasteiger partial charge < -0.3 is 33.8 Å². The highest BCUT2D eigenvalue weighted by molar-refractivity contribution is 7.47. The van der Waals surface area contributed by atoms with Gasteiger partial charge in [0.1, 0.15) is 19.3 Å². The zero-order chi connectivity index (χ0) is 66.1. The fourth-order valence-corrected chi connectivity index (χ4v) is 12.1. The molecule has 5 atom stereocenters. The summed E-state index contributed by atoms with van der Waals surface area (Å²) in [4.78, 5) is 72.5. The van der Waals surface area contributed by atoms with Gasteiger partial charge >= 0.3 is 39.5 Å². The van der Waals surface area contributed by atoms with Crippen LogP contribution in [0, 0.1) is 23.7 Å². The third kappa shape index (κ3) is 64.6. The van der Waals surface area contributed by atoms with E-state index in [0.717, 1.165) is 108 Å². The summed E-state index contributed by atoms with van der Waals surface area (Å²) in [7, 11) is -9.90. The maximum atomic E-state index is 13.0. The molecule has 0 amide bonds. The normalized spacial score (nSPS) is 14.3. The SMILES string of the molecule is CC(C)CCCCCCCCCCCCCCCC(=O)OC[C@H](COP(=O)(O)OCC(O)COP(=O)(O)OC[C@@H](COC(=O)CCCCCCCCCC(C)C)OC(=O)CCCCCCCCC(C)C)OC(=O)CCCCCCCCCCCCCC(C)C. The van der Waals surface area contributed by atoms with Crippen LogP contribution in [0.5, 0.6) is 0 Å². The fraction of sp³-hybridized carbons (Fsp3) is 0.943. The minimum atomic E-state index is -4.95. The second-order valence-electron chi connectivity index (χ2n) is 27.2. The van der Waals surface area contributed by atoms with Crippen LogP contribution in [-0.4, -0.2) is 96.7 Å². The summed E-state index contributed by atoms with van der Waals surface area (Å²) in [5.74, 6) is 0.797. The summed E-state index contributed by atoms with van der Waals surface area (Å²) in [6.07, 6.45) is 41.9. The number of phosphoric ester groups is 2. The molecular formula is C70H136O17P2. The van der Waals surface area contributed by atoms with E-state index in [1.807, 2.05) is 0 Å². The van der Waals surface area contributed by atoms with Crippen LogP contribution < -0.4 is 0 Å². The Morgan fingerprint density at radius 3 is 0.697 bits per heavy atom. The Morgan fingerprint density at radius 2 is 0.472 bits per heavy atom. The monoisotopic (exact) mass is 1310 g/mol. The number of carbonyl (C=O) groups excluding carboxylic acids is 4. The third-order valence-electron chi connectivity index (χ3n) is 16.1. The number of hydrogen-bond acceptors (Lipinski definition) is 15. The van der Waals surface area contributed by atoms with Gasteiger partial charge in [-0.1, -0.05) is 293 Å². The molecule has 0 aliphatic rings. The molecule has 89 heavy (non-hydrogen) atoms. The van der Waals surface area contributed by atoms with Gasteiger partial charge in [0, 0.05) is 25.7 Å². The minimum Gasteiger partial charge on any atom is -0.462 e. The molecule has 3 unspecified atom stereocenters. The van der Waals surface area contributed by atoms with E-state index in [1.54, 1.807) is 0 Å². The van der Waals surface area contributed by atoms with E-state index in [4.69, 9.17) is 37.0 Å². The topological polar surface area (TPSA) is 237 Å². The molecule has 3 N–H and O–H groups in total. The zero-order valence-electron chi connectivity index (χ0n) is 58.1. The van der Waals surface area contributed by atoms with Crippen LogP contribution in [0.3, 0.4) is 0 Å². The molecular weight excluding hydrogens is 1170 g/mol. The van der Waals surface area contributed by atoms with Crippen LogP contribution in [0.15, 0.2) is 0 Å². The van der Waals surface area contributed by atoms with Gasteiger partial charge in [-0.2, -0.15) is 0 Å². The van der Waals surface area contributed by atoms with Gasteiger partial charge in [0.05, 0.1) is 26.4 Å². The number of carbonyl (C=O) groups is 4. The van der Waals surface area contributed by atoms with E-state index in [0.29, 0.717) is 37.5 Å². The number of esters is 4. The van der Waals surface area contributed by atoms with Crippen LogP contribution in [0.4, 0.5) is 0 Å². The molecule has 0 fully saturated rings. The Balaban J connectivity index is 5.23. The van der Waals surface area contributed by atoms with E-state index < -0.39 is 97.5 Å². The van der Waals surface area contributed by atoms with Gasteiger partial charge in [-0.05, 0) is 49.4 Å². The van der Waals surface area contributed by atoms with Crippen molar-refractivity contribution in [3.05, 3.63) is 0 Å². The molecule has 0 aliphatic heterocycles. The first-order chi connectivity index (χ1) is 42.6. The Bertz CT molecular complexity index is 1760. The Hall–Kier alpha value is -1.94. The summed E-state index contributed by atoms with van der Waals surface area (Å²) in [6, 6.07) is 0. The molecule has 17 nitrogen and oxygen atoms in total. The van der Waals surface area contributed by atoms with Crippen LogP contribution in [0.25, 0.3) is 0 Å². The van der Waals surface area contributed by atoms with Crippen LogP contribution in [-0.2, 0) is 65.4 Å². The molecule has 0 heterocycles. The van der Waals surface area contributed by atoms with E-state index in [-0.39, 0.29) is 25.7 Å². The molecule has 0 saturated carbocycles. The number of unbranched alkanes of at least 4 members (excludes halogenated alkanes) is 33. The number of phosphoric acid groups is 2. The maximum absolute atomic E-state index is 13.0. The third-order valence-corrected chi connectivity index (χ3v) is 18.0. The lowest BCUT2D eigenvalue weighted by Gasteiger charge is -2.21. The van der Waals surface area contributed by atoms with E-state index >= 15 is 0 Å². The zero-order valence-corrected chi connectivity index (χ0v) is 59.8. The van der Waals surface area contributed by atoms with Gasteiger partial charge in [-0.3, -0.25) is 37.3 Å². The number of aliphatic hydroxyl groups excluding tert-OH is 1. The molecule has 0 aromatic heterocycles. The van der Waals surface area contributed by atoms with Crippen LogP contribution >= 0.6 is 15.6 Å². The van der Waals surface area contributed by atoms with Crippen molar-refractivity contribution >= 4 is 39.5 Å². The van der Waals surface area contributed by atoms with Gasteiger partial charge in [0.25, 0.3) is 0 Å². The summed E-state index contributed by atoms with van der Waals surface area (Å²) >= 11 is 0. The van der Waals surface area contributed by atoms with Crippen molar-refractivity contribution in [1.82, 2.24) is 0 Å². The molecule has 0 bridgehead atoms. The lowest BCUT2D eigenvalue weighted by Crippen LogP contribution is -2.30. The van der Waals surface area contributed by atoms with E-state index in [9.17, 15) is 43.2 Å². The van der Waals surface area contributed by atoms with E-state index in [2.05, 4.69) is 55.4 Å². The number of ether oxygens (including phenoxy) is 4. The number of aliphatic hydroxyl groups is 1. The fourth-order valence-electron chi connectivity index (χ4n) is 10.5. The summed E-state index contributed by atoms with van der Waals surface area (Å²) in [5.41, 5.74) is 0. The second kappa shape index (κ2) is 59.8. The molecule has 528 valence electrons. The second-order valence-corrected chi connectivity index (χ2v) is 30.1. The summed E-state index contributed by atoms with van der Waals surface area (Å²) in [6.45, 7) is 14.0. The average Bonchev–Trinajstić information content (AvgIpc) is 3.56. The highest BCUT2D eigenvalue weighted by Gasteiger charge is 2.30. The van der Waals surface area contributed by atoms with Gasteiger partial charge in [0.15, 0.2) is 12.2 Å². The number of hydrogen-bond donors (Lipinski definition) is 3. The first-order valence-electron chi connectivity index (χ1n) is 36.2. The van der Waals surface area contributed by atoms with Crippen molar-refractivity contribution in [2.45, 2.75) is 363 Å². The lowest BCUT2D eigenvalue weighted by molar-refractivity contribution is -0.161. The van der Waals surface area contributed by atoms with Crippen molar-refractivity contribution in [3.63, 3.8) is 0 Å². The van der Waals surface area contributed by atoms with Crippen molar-refractivity contribution in [2.24, 2.45) is 23.7 Å². The molecule has 0 aliphatic carbocycles. The molecule has 19 heteroatoms. The molecule has 0 saturated heterocycles. The highest BCUT2D eigenvalue weighted by Crippen LogP contribution is 2.45. The smallest absolute Gasteiger partial charge is 0.462 e. The molecule has 0 aromatic carbocycles. The van der Waals surface area contributed by atoms with Crippen molar-refractivity contribution in [3.8, 4) is 0 Å². The Morgan fingerprint density at radius 1 is 0.281 bits per heavy atom. The molecule has 0 spiro atoms. The van der Waals surface area contributed by atoms with E-state index in [1.165, 1.54) is 141 Å². The molecule has 0 radical (unpaired) electrons. The van der Waals surface area contributed by atoms with Gasteiger partial charge in [-0.25, -0.2) is 9.13 Å². The van der Waals surface area contributed by atoms with Gasteiger partial charge in [0.2, 0.25) is 0 Å². The minimum absolute atomic E-state index is 0.101. The average molecular weight is 1310 g/mol. The highest BCUT2D eigenvalue weighted by atomic mass is 31.2. The molecule has 0 aromatic rings. The van der Waals surface area contributed by atoms with Crippen molar-refractivity contribution < 1.29 is 80.2 Å².